The van der Waals surface area contributed by atoms with E-state index in [9.17, 15) is 9.59 Å². The Kier molecular flexibility index (Phi) is 6.26. The predicted molar refractivity (Wildman–Crippen MR) is 110 cm³/mol. The smallest absolute Gasteiger partial charge is 0.244 e. The van der Waals surface area contributed by atoms with Gasteiger partial charge in [-0.05, 0) is 41.7 Å². The third kappa shape index (κ3) is 5.09. The molecule has 0 atom stereocenters. The van der Waals surface area contributed by atoms with Crippen molar-refractivity contribution in [3.8, 4) is 5.75 Å². The Morgan fingerprint density at radius 3 is 2.37 bits per heavy atom. The Bertz CT molecular complexity index is 838. The predicted octanol–water partition coefficient (Wildman–Crippen LogP) is 4.29. The van der Waals surface area contributed by atoms with Crippen LogP contribution in [0.1, 0.15) is 38.8 Å². The van der Waals surface area contributed by atoms with Crippen molar-refractivity contribution in [3.63, 3.8) is 0 Å². The molecule has 0 unspecified atom stereocenters. The van der Waals surface area contributed by atoms with Gasteiger partial charge in [-0.15, -0.1) is 0 Å². The second-order valence-corrected chi connectivity index (χ2v) is 7.62. The number of rotatable bonds is 5. The number of aryl methyl sites for hydroxylation is 1. The van der Waals surface area contributed by atoms with Gasteiger partial charge in [0.15, 0.2) is 0 Å². The summed E-state index contributed by atoms with van der Waals surface area (Å²) in [5.41, 5.74) is 3.26. The number of nitrogens with zero attached hydrogens (tertiary/aromatic N) is 1. The van der Waals surface area contributed by atoms with E-state index in [-0.39, 0.29) is 23.8 Å². The van der Waals surface area contributed by atoms with Crippen molar-refractivity contribution in [1.29, 1.82) is 0 Å². The van der Waals surface area contributed by atoms with E-state index in [1.54, 1.807) is 13.2 Å². The second kappa shape index (κ2) is 8.25. The summed E-state index contributed by atoms with van der Waals surface area (Å²) in [6, 6.07) is 13.3. The van der Waals surface area contributed by atoms with Gasteiger partial charge in [-0.1, -0.05) is 45.0 Å². The number of amides is 2. The number of nitrogens with one attached hydrogen (secondary N) is 1. The van der Waals surface area contributed by atoms with Gasteiger partial charge in [0.05, 0.1) is 12.8 Å². The number of benzene rings is 2. The van der Waals surface area contributed by atoms with Crippen LogP contribution in [0.15, 0.2) is 42.5 Å². The fraction of sp³-hybridized carbons (Fsp3) is 0.364. The molecule has 144 valence electrons. The second-order valence-electron chi connectivity index (χ2n) is 7.62. The van der Waals surface area contributed by atoms with Gasteiger partial charge < -0.3 is 10.1 Å². The van der Waals surface area contributed by atoms with E-state index in [2.05, 4.69) is 26.1 Å². The fourth-order valence-corrected chi connectivity index (χ4v) is 2.96. The number of methoxy groups -OCH3 is 1. The fourth-order valence-electron chi connectivity index (χ4n) is 2.96. The molecule has 5 nitrogen and oxygen atoms in total. The standard InChI is InChI=1S/C22H28N2O3/c1-15-11-12-20(27-6)19(13-15)24(16(2)25)14-21(26)23-18-10-8-7-9-17(18)22(3,4)5/h7-13H,14H2,1-6H3,(H,23,26). The highest BCUT2D eigenvalue weighted by atomic mass is 16.5. The van der Waals surface area contributed by atoms with E-state index < -0.39 is 0 Å². The quantitative estimate of drug-likeness (QED) is 0.856. The van der Waals surface area contributed by atoms with Gasteiger partial charge in [0.1, 0.15) is 12.3 Å². The summed E-state index contributed by atoms with van der Waals surface area (Å²) in [5.74, 6) is 0.0716. The number of anilines is 2. The molecule has 2 amide bonds. The number of carbonyl (C=O) groups is 2. The molecule has 0 spiro atoms. The molecule has 0 saturated heterocycles. The lowest BCUT2D eigenvalue weighted by molar-refractivity contribution is -0.120. The van der Waals surface area contributed by atoms with Crippen LogP contribution in [0, 0.1) is 6.92 Å². The molecule has 27 heavy (non-hydrogen) atoms. The van der Waals surface area contributed by atoms with Crippen LogP contribution in [0.4, 0.5) is 11.4 Å². The molecular weight excluding hydrogens is 340 g/mol. The van der Waals surface area contributed by atoms with Crippen molar-refractivity contribution in [2.75, 3.05) is 23.9 Å². The van der Waals surface area contributed by atoms with Crippen LogP contribution in [0.2, 0.25) is 0 Å². The van der Waals surface area contributed by atoms with Gasteiger partial charge in [0, 0.05) is 12.6 Å². The van der Waals surface area contributed by atoms with Crippen LogP contribution >= 0.6 is 0 Å². The summed E-state index contributed by atoms with van der Waals surface area (Å²) in [6.07, 6.45) is 0. The van der Waals surface area contributed by atoms with Crippen molar-refractivity contribution in [3.05, 3.63) is 53.6 Å². The molecule has 2 rings (SSSR count). The van der Waals surface area contributed by atoms with Crippen LogP contribution in [-0.4, -0.2) is 25.5 Å². The highest BCUT2D eigenvalue weighted by Gasteiger charge is 2.22. The van der Waals surface area contributed by atoms with Crippen molar-refractivity contribution in [2.24, 2.45) is 0 Å². The van der Waals surface area contributed by atoms with Gasteiger partial charge in [-0.25, -0.2) is 0 Å². The zero-order valence-corrected chi connectivity index (χ0v) is 16.9. The first-order valence-corrected chi connectivity index (χ1v) is 8.95. The lowest BCUT2D eigenvalue weighted by atomic mass is 9.86. The monoisotopic (exact) mass is 368 g/mol. The van der Waals surface area contributed by atoms with E-state index >= 15 is 0 Å². The summed E-state index contributed by atoms with van der Waals surface area (Å²) in [5, 5.41) is 2.95. The summed E-state index contributed by atoms with van der Waals surface area (Å²) in [7, 11) is 1.55. The zero-order valence-electron chi connectivity index (χ0n) is 16.9. The molecule has 0 aromatic heterocycles. The minimum Gasteiger partial charge on any atom is -0.495 e. The minimum absolute atomic E-state index is 0.0897. The minimum atomic E-state index is -0.259. The highest BCUT2D eigenvalue weighted by molar-refractivity contribution is 6.03. The molecule has 0 bridgehead atoms. The van der Waals surface area contributed by atoms with Crippen LogP contribution < -0.4 is 15.0 Å². The van der Waals surface area contributed by atoms with Gasteiger partial charge in [0.25, 0.3) is 0 Å². The normalized spacial score (nSPS) is 11.0. The highest BCUT2D eigenvalue weighted by Crippen LogP contribution is 2.31. The van der Waals surface area contributed by atoms with Gasteiger partial charge in [-0.3, -0.25) is 14.5 Å². The summed E-state index contributed by atoms with van der Waals surface area (Å²) in [4.78, 5) is 26.4. The molecule has 5 heteroatoms. The average Bonchev–Trinajstić information content (AvgIpc) is 2.59. The molecule has 2 aromatic carbocycles. The van der Waals surface area contributed by atoms with Crippen molar-refractivity contribution >= 4 is 23.2 Å². The topological polar surface area (TPSA) is 58.6 Å². The zero-order chi connectivity index (χ0) is 20.2. The molecule has 0 heterocycles. The summed E-state index contributed by atoms with van der Waals surface area (Å²) < 4.78 is 5.37. The number of para-hydroxylation sites is 1. The Balaban J connectivity index is 2.28. The number of hydrogen-bond acceptors (Lipinski definition) is 3. The number of ether oxygens (including phenoxy) is 1. The summed E-state index contributed by atoms with van der Waals surface area (Å²) >= 11 is 0. The number of carbonyl (C=O) groups excluding carboxylic acids is 2. The Labute approximate surface area is 161 Å². The molecule has 1 N–H and O–H groups in total. The van der Waals surface area contributed by atoms with E-state index in [1.165, 1.54) is 11.8 Å². The first-order chi connectivity index (χ1) is 12.6. The van der Waals surface area contributed by atoms with Crippen molar-refractivity contribution in [2.45, 2.75) is 40.0 Å². The molecule has 0 aliphatic carbocycles. The molecule has 0 radical (unpaired) electrons. The first-order valence-electron chi connectivity index (χ1n) is 8.95. The summed E-state index contributed by atoms with van der Waals surface area (Å²) in [6.45, 7) is 9.57. The number of hydrogen-bond donors (Lipinski definition) is 1. The molecule has 0 saturated carbocycles. The molecule has 0 aliphatic heterocycles. The third-order valence-corrected chi connectivity index (χ3v) is 4.32. The largest absolute Gasteiger partial charge is 0.495 e. The van der Waals surface area contributed by atoms with Crippen molar-refractivity contribution in [1.82, 2.24) is 0 Å². The lowest BCUT2D eigenvalue weighted by Gasteiger charge is -2.25. The SMILES string of the molecule is COc1ccc(C)cc1N(CC(=O)Nc1ccccc1C(C)(C)C)C(C)=O. The van der Waals surface area contributed by atoms with E-state index in [1.807, 2.05) is 43.3 Å². The lowest BCUT2D eigenvalue weighted by Crippen LogP contribution is -2.37. The Morgan fingerprint density at radius 2 is 1.78 bits per heavy atom. The Morgan fingerprint density at radius 1 is 1.11 bits per heavy atom. The van der Waals surface area contributed by atoms with Crippen molar-refractivity contribution < 1.29 is 14.3 Å². The Hall–Kier alpha value is -2.82. The maximum atomic E-state index is 12.7. The average molecular weight is 368 g/mol. The van der Waals surface area contributed by atoms with Crippen LogP contribution in [0.5, 0.6) is 5.75 Å². The third-order valence-electron chi connectivity index (χ3n) is 4.32. The van der Waals surface area contributed by atoms with Crippen LogP contribution in [0.25, 0.3) is 0 Å². The van der Waals surface area contributed by atoms with Crippen LogP contribution in [-0.2, 0) is 15.0 Å². The van der Waals surface area contributed by atoms with E-state index in [4.69, 9.17) is 4.74 Å². The van der Waals surface area contributed by atoms with Gasteiger partial charge in [-0.2, -0.15) is 0 Å². The maximum absolute atomic E-state index is 12.7. The van der Waals surface area contributed by atoms with E-state index in [0.29, 0.717) is 11.4 Å². The maximum Gasteiger partial charge on any atom is 0.244 e. The molecule has 0 aliphatic rings. The molecular formula is C22H28N2O3. The molecule has 0 fully saturated rings. The van der Waals surface area contributed by atoms with Crippen LogP contribution in [0.3, 0.4) is 0 Å². The molecule has 2 aromatic rings. The first kappa shape index (κ1) is 20.5. The van der Waals surface area contributed by atoms with Gasteiger partial charge >= 0.3 is 0 Å². The van der Waals surface area contributed by atoms with E-state index in [0.717, 1.165) is 16.8 Å². The van der Waals surface area contributed by atoms with Gasteiger partial charge in [0.2, 0.25) is 11.8 Å².